The number of benzene rings is 2. The van der Waals surface area contributed by atoms with Crippen molar-refractivity contribution in [2.75, 3.05) is 27.4 Å². The monoisotopic (exact) mass is 601 g/mol. The second-order valence-electron chi connectivity index (χ2n) is 10.2. The van der Waals surface area contributed by atoms with Gasteiger partial charge in [0.1, 0.15) is 29.0 Å². The first-order valence-corrected chi connectivity index (χ1v) is 14.0. The third kappa shape index (κ3) is 5.29. The standard InChI is InChI=1S/C29H33BrFN3O5/c1-17(32-2)27(35)33-26-28(36)34(16-22-21-7-5-19(30)14-18(21)4-9-24(22)37-3)23-8-6-20(31)15-25(23)39-29(26)10-12-38-13-11-29/h4-5,7,9,14-15,17,26,32H,6,8,10-13,16H2,1-3H3,(H,33,35)/t17-,26+/m0/s1. The molecule has 0 saturated carbocycles. The number of rotatable bonds is 6. The molecule has 0 aromatic heterocycles. The molecule has 8 nitrogen and oxygen atoms in total. The van der Waals surface area contributed by atoms with Gasteiger partial charge < -0.3 is 29.7 Å². The highest BCUT2D eigenvalue weighted by atomic mass is 79.9. The second kappa shape index (κ2) is 11.3. The first-order valence-electron chi connectivity index (χ1n) is 13.2. The van der Waals surface area contributed by atoms with Crippen LogP contribution >= 0.6 is 15.9 Å². The summed E-state index contributed by atoms with van der Waals surface area (Å²) in [6.07, 6.45) is 2.60. The number of amides is 2. The summed E-state index contributed by atoms with van der Waals surface area (Å²) < 4.78 is 33.5. The van der Waals surface area contributed by atoms with Crippen molar-refractivity contribution in [1.82, 2.24) is 15.5 Å². The van der Waals surface area contributed by atoms with E-state index < -0.39 is 17.7 Å². The van der Waals surface area contributed by atoms with E-state index in [2.05, 4.69) is 26.6 Å². The Hall–Kier alpha value is -2.95. The number of hydrogen-bond acceptors (Lipinski definition) is 6. The van der Waals surface area contributed by atoms with Crippen molar-refractivity contribution in [2.45, 2.75) is 56.8 Å². The van der Waals surface area contributed by atoms with Crippen LogP contribution in [0.5, 0.6) is 5.75 Å². The van der Waals surface area contributed by atoms with Crippen molar-refractivity contribution in [3.63, 3.8) is 0 Å². The molecule has 1 saturated heterocycles. The van der Waals surface area contributed by atoms with Gasteiger partial charge in [0, 0.05) is 35.4 Å². The maximum absolute atomic E-state index is 14.6. The smallest absolute Gasteiger partial charge is 0.253 e. The summed E-state index contributed by atoms with van der Waals surface area (Å²) in [6, 6.07) is 8.27. The molecule has 2 atom stereocenters. The van der Waals surface area contributed by atoms with Crippen molar-refractivity contribution in [2.24, 2.45) is 0 Å². The number of carbonyl (C=O) groups is 2. The van der Waals surface area contributed by atoms with Gasteiger partial charge in [0.25, 0.3) is 5.91 Å². The predicted octanol–water partition coefficient (Wildman–Crippen LogP) is 4.47. The maximum Gasteiger partial charge on any atom is 0.253 e. The lowest BCUT2D eigenvalue weighted by molar-refractivity contribution is -0.149. The van der Waals surface area contributed by atoms with E-state index in [0.29, 0.717) is 49.7 Å². The molecule has 2 aliphatic heterocycles. The minimum atomic E-state index is -1.07. The maximum atomic E-state index is 14.6. The van der Waals surface area contributed by atoms with Crippen LogP contribution in [0.15, 0.2) is 58.2 Å². The zero-order valence-corrected chi connectivity index (χ0v) is 23.9. The first kappa shape index (κ1) is 27.6. The second-order valence-corrected chi connectivity index (χ2v) is 11.1. The van der Waals surface area contributed by atoms with Crippen LogP contribution in [0.1, 0.15) is 38.2 Å². The van der Waals surface area contributed by atoms with E-state index in [0.717, 1.165) is 20.8 Å². The molecule has 2 N–H and O–H groups in total. The topological polar surface area (TPSA) is 89.1 Å². The Labute approximate surface area is 235 Å². The van der Waals surface area contributed by atoms with Crippen LogP contribution in [0.4, 0.5) is 4.39 Å². The molecule has 0 bridgehead atoms. The van der Waals surface area contributed by atoms with Crippen LogP contribution in [0.25, 0.3) is 10.8 Å². The highest BCUT2D eigenvalue weighted by Crippen LogP contribution is 2.42. The number of allylic oxidation sites excluding steroid dienone is 3. The summed E-state index contributed by atoms with van der Waals surface area (Å²) in [5.74, 6) is 0.0362. The van der Waals surface area contributed by atoms with Gasteiger partial charge in [-0.1, -0.05) is 28.1 Å². The fraction of sp³-hybridized carbons (Fsp3) is 0.448. The molecule has 2 heterocycles. The number of carbonyl (C=O) groups excluding carboxylic acids is 2. The van der Waals surface area contributed by atoms with Crippen LogP contribution < -0.4 is 15.4 Å². The number of fused-ring (bicyclic) bond motifs is 1. The average Bonchev–Trinajstić information content (AvgIpc) is 3.01. The van der Waals surface area contributed by atoms with Crippen LogP contribution in [-0.4, -0.2) is 61.8 Å². The third-order valence-electron chi connectivity index (χ3n) is 7.89. The Morgan fingerprint density at radius 3 is 2.74 bits per heavy atom. The largest absolute Gasteiger partial charge is 0.496 e. The molecule has 5 rings (SSSR count). The number of nitrogens with one attached hydrogen (secondary N) is 2. The first-order chi connectivity index (χ1) is 18.8. The van der Waals surface area contributed by atoms with E-state index >= 15 is 0 Å². The Morgan fingerprint density at radius 1 is 1.26 bits per heavy atom. The highest BCUT2D eigenvalue weighted by Gasteiger charge is 2.52. The van der Waals surface area contributed by atoms with Crippen molar-refractivity contribution < 1.29 is 28.2 Å². The molecule has 1 spiro atoms. The van der Waals surface area contributed by atoms with Crippen molar-refractivity contribution in [1.29, 1.82) is 0 Å². The van der Waals surface area contributed by atoms with E-state index in [-0.39, 0.29) is 30.6 Å². The summed E-state index contributed by atoms with van der Waals surface area (Å²) in [7, 11) is 3.28. The van der Waals surface area contributed by atoms with Crippen molar-refractivity contribution >= 4 is 38.5 Å². The van der Waals surface area contributed by atoms with Gasteiger partial charge in [-0.3, -0.25) is 9.59 Å². The summed E-state index contributed by atoms with van der Waals surface area (Å²) >= 11 is 3.53. The van der Waals surface area contributed by atoms with Crippen molar-refractivity contribution in [3.05, 3.63) is 63.7 Å². The summed E-state index contributed by atoms with van der Waals surface area (Å²) in [6.45, 7) is 2.62. The molecule has 3 aliphatic rings. The normalized spacial score (nSPS) is 21.7. The number of ether oxygens (including phenoxy) is 3. The van der Waals surface area contributed by atoms with Gasteiger partial charge in [-0.2, -0.15) is 0 Å². The Balaban J connectivity index is 1.65. The van der Waals surface area contributed by atoms with Crippen LogP contribution in [0.3, 0.4) is 0 Å². The number of nitrogens with zero attached hydrogens (tertiary/aromatic N) is 1. The molecule has 1 aliphatic carbocycles. The molecule has 10 heteroatoms. The molecule has 39 heavy (non-hydrogen) atoms. The van der Waals surface area contributed by atoms with Crippen molar-refractivity contribution in [3.8, 4) is 5.75 Å². The van der Waals surface area contributed by atoms with Gasteiger partial charge in [0.05, 0.1) is 38.6 Å². The van der Waals surface area contributed by atoms with Crippen LogP contribution in [0.2, 0.25) is 0 Å². The van der Waals surface area contributed by atoms with Gasteiger partial charge in [-0.05, 0) is 49.4 Å². The number of halogens is 2. The van der Waals surface area contributed by atoms with Gasteiger partial charge in [-0.15, -0.1) is 0 Å². The number of hydrogen-bond donors (Lipinski definition) is 2. The highest BCUT2D eigenvalue weighted by molar-refractivity contribution is 9.10. The van der Waals surface area contributed by atoms with E-state index in [4.69, 9.17) is 14.2 Å². The molecule has 208 valence electrons. The van der Waals surface area contributed by atoms with Crippen LogP contribution in [-0.2, 0) is 25.6 Å². The Morgan fingerprint density at radius 2 is 2.03 bits per heavy atom. The van der Waals surface area contributed by atoms with E-state index in [1.807, 2.05) is 30.3 Å². The minimum Gasteiger partial charge on any atom is -0.496 e. The Bertz CT molecular complexity index is 1350. The lowest BCUT2D eigenvalue weighted by Gasteiger charge is -2.42. The molecular weight excluding hydrogens is 569 g/mol. The molecule has 2 aromatic rings. The quantitative estimate of drug-likeness (QED) is 0.508. The van der Waals surface area contributed by atoms with E-state index in [9.17, 15) is 14.0 Å². The fourth-order valence-corrected chi connectivity index (χ4v) is 5.92. The summed E-state index contributed by atoms with van der Waals surface area (Å²) in [5.41, 5.74) is 0.339. The molecular formula is C29H33BrFN3O5. The Kier molecular flexibility index (Phi) is 7.98. The lowest BCUT2D eigenvalue weighted by Crippen LogP contribution is -2.63. The fourth-order valence-electron chi connectivity index (χ4n) is 5.54. The predicted molar refractivity (Wildman–Crippen MR) is 149 cm³/mol. The third-order valence-corrected chi connectivity index (χ3v) is 8.38. The number of methoxy groups -OCH3 is 1. The van der Waals surface area contributed by atoms with Crippen LogP contribution in [0, 0.1) is 0 Å². The SMILES string of the molecule is CN[C@@H](C)C(=O)N[C@@H]1C(=O)N(Cc2c(OC)ccc3cc(Br)ccc23)C2=C(C=C(F)CC2)OC12CCOCC2. The molecule has 2 amide bonds. The lowest BCUT2D eigenvalue weighted by atomic mass is 9.84. The zero-order chi connectivity index (χ0) is 27.7. The molecule has 1 fully saturated rings. The molecule has 0 unspecified atom stereocenters. The summed E-state index contributed by atoms with van der Waals surface area (Å²) in [4.78, 5) is 29.3. The minimum absolute atomic E-state index is 0.162. The van der Waals surface area contributed by atoms with E-state index in [1.54, 1.807) is 26.0 Å². The average molecular weight is 603 g/mol. The van der Waals surface area contributed by atoms with Gasteiger partial charge in [0.2, 0.25) is 5.91 Å². The van der Waals surface area contributed by atoms with Gasteiger partial charge >= 0.3 is 0 Å². The molecule has 2 aromatic carbocycles. The number of likely N-dealkylation sites (N-methyl/N-ethyl adjacent to an activating group) is 1. The summed E-state index contributed by atoms with van der Waals surface area (Å²) in [5, 5.41) is 7.82. The van der Waals surface area contributed by atoms with E-state index in [1.165, 1.54) is 6.08 Å². The zero-order valence-electron chi connectivity index (χ0n) is 22.3. The molecule has 0 radical (unpaired) electrons. The van der Waals surface area contributed by atoms with Gasteiger partial charge in [-0.25, -0.2) is 4.39 Å². The van der Waals surface area contributed by atoms with Gasteiger partial charge in [0.15, 0.2) is 0 Å².